The number of furan rings is 1. The Labute approximate surface area is 339 Å². The molecule has 5 aliphatic carbocycles. The van der Waals surface area contributed by atoms with Gasteiger partial charge in [-0.1, -0.05) is 133 Å². The average molecular weight is 746 g/mol. The van der Waals surface area contributed by atoms with E-state index in [-0.39, 0.29) is 5.41 Å². The lowest BCUT2D eigenvalue weighted by Gasteiger charge is -2.61. The molecule has 1 aromatic heterocycles. The number of benzene rings is 8. The van der Waals surface area contributed by atoms with Crippen molar-refractivity contribution in [2.45, 2.75) is 37.5 Å². The summed E-state index contributed by atoms with van der Waals surface area (Å²) >= 11 is 0. The van der Waals surface area contributed by atoms with Gasteiger partial charge >= 0.3 is 0 Å². The minimum atomic E-state index is 0.203. The first-order chi connectivity index (χ1) is 28.7. The molecule has 5 aliphatic rings. The third-order valence-corrected chi connectivity index (χ3v) is 14.9. The Kier molecular flexibility index (Phi) is 6.94. The summed E-state index contributed by atoms with van der Waals surface area (Å²) in [7, 11) is 0. The number of nitrogens with zero attached hydrogens (tertiary/aromatic N) is 1. The van der Waals surface area contributed by atoms with Gasteiger partial charge in [-0.25, -0.2) is 0 Å². The zero-order valence-electron chi connectivity index (χ0n) is 32.4. The van der Waals surface area contributed by atoms with Crippen LogP contribution in [0.1, 0.15) is 43.2 Å². The molecule has 278 valence electrons. The molecule has 1 spiro atoms. The Balaban J connectivity index is 0.895. The van der Waals surface area contributed by atoms with Crippen molar-refractivity contribution in [1.82, 2.24) is 0 Å². The van der Waals surface area contributed by atoms with Gasteiger partial charge in [-0.2, -0.15) is 0 Å². The van der Waals surface area contributed by atoms with E-state index in [1.54, 1.807) is 11.1 Å². The van der Waals surface area contributed by atoms with Gasteiger partial charge in [0, 0.05) is 38.5 Å². The van der Waals surface area contributed by atoms with Gasteiger partial charge in [0.25, 0.3) is 0 Å². The van der Waals surface area contributed by atoms with Crippen LogP contribution in [0.25, 0.3) is 66.1 Å². The van der Waals surface area contributed by atoms with Crippen molar-refractivity contribution in [3.63, 3.8) is 0 Å². The fourth-order valence-corrected chi connectivity index (χ4v) is 12.7. The van der Waals surface area contributed by atoms with Crippen molar-refractivity contribution >= 4 is 49.8 Å². The summed E-state index contributed by atoms with van der Waals surface area (Å²) in [6, 6.07) is 65.3. The Morgan fingerprint density at radius 1 is 0.431 bits per heavy atom. The summed E-state index contributed by atoms with van der Waals surface area (Å²) in [5.74, 6) is 3.46. The molecule has 0 N–H and O–H groups in total. The normalized spacial score (nSPS) is 22.6. The number of para-hydroxylation sites is 2. The smallest absolute Gasteiger partial charge is 0.143 e. The zero-order valence-corrected chi connectivity index (χ0v) is 32.4. The third-order valence-electron chi connectivity index (χ3n) is 14.9. The molecule has 0 unspecified atom stereocenters. The fraction of sp³-hybridized carbons (Fsp3) is 0.179. The SMILES string of the molecule is c1ccc2c(c1)-c1cc(-c3ccc(N(c4ccc(-c5cccc6c5oc5ccccc56)cc4)c4cccc5ccccc45)cc3)ccc1C21C2CC3CC(C2)CC1C3. The zero-order chi connectivity index (χ0) is 38.0. The van der Waals surface area contributed by atoms with Gasteiger partial charge in [-0.15, -0.1) is 0 Å². The molecule has 0 saturated heterocycles. The van der Waals surface area contributed by atoms with Crippen LogP contribution < -0.4 is 4.90 Å². The van der Waals surface area contributed by atoms with Gasteiger partial charge in [0.2, 0.25) is 0 Å². The van der Waals surface area contributed by atoms with E-state index in [4.69, 9.17) is 4.42 Å². The van der Waals surface area contributed by atoms with E-state index in [0.29, 0.717) is 0 Å². The quantitative estimate of drug-likeness (QED) is 0.174. The molecule has 8 aromatic carbocycles. The van der Waals surface area contributed by atoms with E-state index in [2.05, 4.69) is 175 Å². The summed E-state index contributed by atoms with van der Waals surface area (Å²) in [5.41, 5.74) is 16.4. The number of hydrogen-bond donors (Lipinski definition) is 0. The highest BCUT2D eigenvalue weighted by molar-refractivity contribution is 6.09. The summed E-state index contributed by atoms with van der Waals surface area (Å²) < 4.78 is 6.43. The lowest BCUT2D eigenvalue weighted by Crippen LogP contribution is -2.55. The average Bonchev–Trinajstić information content (AvgIpc) is 3.80. The summed E-state index contributed by atoms with van der Waals surface area (Å²) in [5, 5.41) is 4.75. The molecule has 4 bridgehead atoms. The second-order valence-electron chi connectivity index (χ2n) is 17.7. The largest absolute Gasteiger partial charge is 0.455 e. The molecule has 2 nitrogen and oxygen atoms in total. The summed E-state index contributed by atoms with van der Waals surface area (Å²) in [6.07, 6.45) is 7.14. The monoisotopic (exact) mass is 745 g/mol. The second-order valence-corrected chi connectivity index (χ2v) is 17.7. The molecular formula is C56H43NO. The number of fused-ring (bicyclic) bond motifs is 7. The van der Waals surface area contributed by atoms with Gasteiger partial charge in [-0.3, -0.25) is 0 Å². The van der Waals surface area contributed by atoms with Crippen LogP contribution in [0.3, 0.4) is 0 Å². The standard InChI is InChI=1S/C56H43NO/c1-2-11-45-38(9-1)10-7-17-53(45)57(44-26-21-39(22-27-44)46-14-8-15-49-48-13-4-6-18-54(48)58-55(46)49)43-24-19-37(20-25-43)40-23-28-52-50(34-40)47-12-3-5-16-51(47)56(52)41-30-35-29-36(32-41)33-42(56)31-35/h1-28,34-36,41-42H,29-33H2. The van der Waals surface area contributed by atoms with Crippen LogP contribution in [0.15, 0.2) is 180 Å². The molecule has 0 radical (unpaired) electrons. The van der Waals surface area contributed by atoms with Crippen LogP contribution in [0, 0.1) is 23.7 Å². The molecule has 2 heteroatoms. The maximum absolute atomic E-state index is 6.43. The highest BCUT2D eigenvalue weighted by atomic mass is 16.3. The first-order valence-corrected chi connectivity index (χ1v) is 21.3. The molecule has 0 aliphatic heterocycles. The Morgan fingerprint density at radius 3 is 1.81 bits per heavy atom. The predicted octanol–water partition coefficient (Wildman–Crippen LogP) is 15.3. The molecular weight excluding hydrogens is 703 g/mol. The number of anilines is 3. The number of hydrogen-bond acceptors (Lipinski definition) is 2. The van der Waals surface area contributed by atoms with Crippen LogP contribution in [0.4, 0.5) is 17.1 Å². The van der Waals surface area contributed by atoms with E-state index < -0.39 is 0 Å². The second kappa shape index (κ2) is 12.3. The van der Waals surface area contributed by atoms with E-state index in [1.807, 2.05) is 6.07 Å². The third kappa shape index (κ3) is 4.60. The van der Waals surface area contributed by atoms with E-state index in [9.17, 15) is 0 Å². The van der Waals surface area contributed by atoms with Gasteiger partial charge < -0.3 is 9.32 Å². The molecule has 1 heterocycles. The molecule has 58 heavy (non-hydrogen) atoms. The van der Waals surface area contributed by atoms with Gasteiger partial charge in [-0.05, 0) is 143 Å². The van der Waals surface area contributed by atoms with Crippen LogP contribution >= 0.6 is 0 Å². The van der Waals surface area contributed by atoms with Crippen LogP contribution in [0.5, 0.6) is 0 Å². The minimum Gasteiger partial charge on any atom is -0.455 e. The minimum absolute atomic E-state index is 0.203. The van der Waals surface area contributed by atoms with E-state index in [0.717, 1.165) is 73.8 Å². The molecule has 0 amide bonds. The summed E-state index contributed by atoms with van der Waals surface area (Å²) in [4.78, 5) is 2.41. The van der Waals surface area contributed by atoms with Crippen molar-refractivity contribution in [3.8, 4) is 33.4 Å². The lowest BCUT2D eigenvalue weighted by atomic mass is 9.43. The van der Waals surface area contributed by atoms with E-state index >= 15 is 0 Å². The first-order valence-electron chi connectivity index (χ1n) is 21.3. The molecule has 0 atom stereocenters. The molecule has 4 saturated carbocycles. The Bertz CT molecular complexity index is 3040. The van der Waals surface area contributed by atoms with Crippen molar-refractivity contribution in [1.29, 1.82) is 0 Å². The molecule has 4 fully saturated rings. The Morgan fingerprint density at radius 2 is 1.02 bits per heavy atom. The topological polar surface area (TPSA) is 16.4 Å². The van der Waals surface area contributed by atoms with Crippen molar-refractivity contribution < 1.29 is 4.42 Å². The van der Waals surface area contributed by atoms with Crippen molar-refractivity contribution in [2.75, 3.05) is 4.90 Å². The maximum Gasteiger partial charge on any atom is 0.143 e. The lowest BCUT2D eigenvalue weighted by molar-refractivity contribution is -0.0399. The van der Waals surface area contributed by atoms with E-state index in [1.165, 1.54) is 65.1 Å². The van der Waals surface area contributed by atoms with Crippen molar-refractivity contribution in [3.05, 3.63) is 187 Å². The summed E-state index contributed by atoms with van der Waals surface area (Å²) in [6.45, 7) is 0. The van der Waals surface area contributed by atoms with Crippen LogP contribution in [-0.4, -0.2) is 0 Å². The van der Waals surface area contributed by atoms with Crippen molar-refractivity contribution in [2.24, 2.45) is 23.7 Å². The van der Waals surface area contributed by atoms with Crippen LogP contribution in [0.2, 0.25) is 0 Å². The van der Waals surface area contributed by atoms with Gasteiger partial charge in [0.1, 0.15) is 11.2 Å². The van der Waals surface area contributed by atoms with Gasteiger partial charge in [0.05, 0.1) is 5.69 Å². The fourth-order valence-electron chi connectivity index (χ4n) is 12.7. The molecule has 14 rings (SSSR count). The highest BCUT2D eigenvalue weighted by Gasteiger charge is 2.61. The van der Waals surface area contributed by atoms with Crippen LogP contribution in [-0.2, 0) is 5.41 Å². The Hall–Kier alpha value is -6.38. The maximum atomic E-state index is 6.43. The highest BCUT2D eigenvalue weighted by Crippen LogP contribution is 2.69. The number of rotatable bonds is 5. The predicted molar refractivity (Wildman–Crippen MR) is 240 cm³/mol. The molecule has 9 aromatic rings. The first kappa shape index (κ1) is 32.7. The van der Waals surface area contributed by atoms with Gasteiger partial charge in [0.15, 0.2) is 0 Å².